The fraction of sp³-hybridized carbons (Fsp3) is 0.667. The van der Waals surface area contributed by atoms with Crippen LogP contribution in [0.15, 0.2) is 29.3 Å². The molecule has 1 fully saturated rings. The molecule has 158 valence electrons. The number of hydrogen-bond donors (Lipinski definition) is 2. The Hall–Kier alpha value is -0.900. The molecule has 0 aromatic heterocycles. The maximum atomic E-state index is 6.09. The van der Waals surface area contributed by atoms with Crippen LogP contribution in [0, 0.1) is 0 Å². The third-order valence-electron chi connectivity index (χ3n) is 5.68. The number of rotatable bonds is 8. The van der Waals surface area contributed by atoms with Crippen molar-refractivity contribution >= 4 is 29.9 Å². The minimum atomic E-state index is 0. The molecular formula is C21H36IN5O. The van der Waals surface area contributed by atoms with Crippen LogP contribution in [0.5, 0.6) is 0 Å². The number of nitrogens with one attached hydrogen (secondary N) is 1. The topological polar surface area (TPSA) is 66.1 Å². The van der Waals surface area contributed by atoms with Gasteiger partial charge in [-0.1, -0.05) is 31.2 Å². The van der Waals surface area contributed by atoms with Crippen LogP contribution in [0.3, 0.4) is 0 Å². The zero-order valence-electron chi connectivity index (χ0n) is 17.1. The number of aliphatic imine (C=N–C) groups is 1. The second-order valence-electron chi connectivity index (χ2n) is 7.51. The molecule has 7 heteroatoms. The van der Waals surface area contributed by atoms with E-state index in [1.165, 1.54) is 11.1 Å². The maximum absolute atomic E-state index is 6.09. The van der Waals surface area contributed by atoms with E-state index >= 15 is 0 Å². The van der Waals surface area contributed by atoms with Crippen LogP contribution < -0.4 is 11.1 Å². The lowest BCUT2D eigenvalue weighted by Gasteiger charge is -2.34. The van der Waals surface area contributed by atoms with E-state index in [9.17, 15) is 0 Å². The van der Waals surface area contributed by atoms with Crippen molar-refractivity contribution < 1.29 is 4.74 Å². The summed E-state index contributed by atoms with van der Waals surface area (Å²) in [6.45, 7) is 10.9. The summed E-state index contributed by atoms with van der Waals surface area (Å²) in [5.41, 5.74) is 9.04. The van der Waals surface area contributed by atoms with Crippen LogP contribution >= 0.6 is 24.0 Å². The molecule has 3 rings (SSSR count). The second kappa shape index (κ2) is 12.6. The van der Waals surface area contributed by atoms with E-state index in [0.29, 0.717) is 12.0 Å². The molecular weight excluding hydrogens is 465 g/mol. The fourth-order valence-corrected chi connectivity index (χ4v) is 3.94. The third kappa shape index (κ3) is 7.17. The number of halogens is 1. The predicted molar refractivity (Wildman–Crippen MR) is 126 cm³/mol. The monoisotopic (exact) mass is 501 g/mol. The van der Waals surface area contributed by atoms with Gasteiger partial charge in [0.2, 0.25) is 0 Å². The molecule has 1 saturated heterocycles. The Morgan fingerprint density at radius 1 is 1.21 bits per heavy atom. The zero-order chi connectivity index (χ0) is 18.9. The van der Waals surface area contributed by atoms with E-state index in [1.54, 1.807) is 0 Å². The first-order valence-electron chi connectivity index (χ1n) is 10.4. The molecule has 0 bridgehead atoms. The molecule has 1 aromatic rings. The van der Waals surface area contributed by atoms with Gasteiger partial charge in [0.05, 0.1) is 19.8 Å². The van der Waals surface area contributed by atoms with E-state index in [2.05, 4.69) is 51.3 Å². The van der Waals surface area contributed by atoms with Crippen molar-refractivity contribution in [3.05, 3.63) is 35.4 Å². The Kier molecular flexibility index (Phi) is 10.5. The van der Waals surface area contributed by atoms with Gasteiger partial charge in [-0.25, -0.2) is 0 Å². The average molecular weight is 501 g/mol. The summed E-state index contributed by atoms with van der Waals surface area (Å²) in [6.07, 6.45) is 3.30. The maximum Gasteiger partial charge on any atom is 0.188 e. The zero-order valence-corrected chi connectivity index (χ0v) is 19.4. The quantitative estimate of drug-likeness (QED) is 0.247. The number of morpholine rings is 1. The van der Waals surface area contributed by atoms with Crippen molar-refractivity contribution in [3.63, 3.8) is 0 Å². The SMILES string of the molecule is CCC(CN=C(N)NCCCN1CCOCC1)N1CCc2ccccc2C1.I. The van der Waals surface area contributed by atoms with Crippen molar-refractivity contribution in [1.82, 2.24) is 15.1 Å². The fourth-order valence-electron chi connectivity index (χ4n) is 3.94. The predicted octanol–water partition coefficient (Wildman–Crippen LogP) is 2.07. The minimum Gasteiger partial charge on any atom is -0.379 e. The molecule has 0 spiro atoms. The largest absolute Gasteiger partial charge is 0.379 e. The average Bonchev–Trinajstić information content (AvgIpc) is 2.72. The highest BCUT2D eigenvalue weighted by molar-refractivity contribution is 14.0. The first-order valence-corrected chi connectivity index (χ1v) is 10.4. The molecule has 28 heavy (non-hydrogen) atoms. The van der Waals surface area contributed by atoms with Crippen LogP contribution in [0.4, 0.5) is 0 Å². The van der Waals surface area contributed by atoms with Gasteiger partial charge in [0.25, 0.3) is 0 Å². The van der Waals surface area contributed by atoms with Gasteiger partial charge in [-0.3, -0.25) is 14.8 Å². The van der Waals surface area contributed by atoms with Gasteiger partial charge in [-0.05, 0) is 36.9 Å². The van der Waals surface area contributed by atoms with Crippen molar-refractivity contribution in [1.29, 1.82) is 0 Å². The van der Waals surface area contributed by atoms with Crippen molar-refractivity contribution in [2.24, 2.45) is 10.7 Å². The van der Waals surface area contributed by atoms with E-state index in [0.717, 1.165) is 78.3 Å². The molecule has 2 heterocycles. The smallest absolute Gasteiger partial charge is 0.188 e. The highest BCUT2D eigenvalue weighted by Crippen LogP contribution is 2.21. The molecule has 6 nitrogen and oxygen atoms in total. The number of nitrogens with two attached hydrogens (primary N) is 1. The summed E-state index contributed by atoms with van der Waals surface area (Å²) < 4.78 is 5.38. The number of benzene rings is 1. The summed E-state index contributed by atoms with van der Waals surface area (Å²) in [5.74, 6) is 0.577. The molecule has 2 aliphatic heterocycles. The summed E-state index contributed by atoms with van der Waals surface area (Å²) in [6, 6.07) is 9.24. The van der Waals surface area contributed by atoms with Crippen molar-refractivity contribution in [2.45, 2.75) is 38.8 Å². The highest BCUT2D eigenvalue weighted by Gasteiger charge is 2.22. The molecule has 0 saturated carbocycles. The third-order valence-corrected chi connectivity index (χ3v) is 5.68. The number of fused-ring (bicyclic) bond motifs is 1. The number of hydrogen-bond acceptors (Lipinski definition) is 4. The van der Waals surface area contributed by atoms with Gasteiger partial charge >= 0.3 is 0 Å². The van der Waals surface area contributed by atoms with Gasteiger partial charge < -0.3 is 15.8 Å². The lowest BCUT2D eigenvalue weighted by atomic mass is 9.98. The summed E-state index contributed by atoms with van der Waals surface area (Å²) in [5, 5.41) is 3.27. The molecule has 1 unspecified atom stereocenters. The first kappa shape index (κ1) is 23.4. The van der Waals surface area contributed by atoms with Gasteiger partial charge in [0.1, 0.15) is 0 Å². The second-order valence-corrected chi connectivity index (χ2v) is 7.51. The standard InChI is InChI=1S/C21H35N5O.HI/c1-2-20(26-11-8-18-6-3-4-7-19(18)17-26)16-24-21(22)23-9-5-10-25-12-14-27-15-13-25;/h3-4,6-7,20H,2,5,8-17H2,1H3,(H3,22,23,24);1H. The molecule has 1 atom stereocenters. The van der Waals surface area contributed by atoms with Crippen LogP contribution in [-0.4, -0.2) is 74.3 Å². The summed E-state index contributed by atoms with van der Waals surface area (Å²) >= 11 is 0. The Morgan fingerprint density at radius 2 is 1.96 bits per heavy atom. The molecule has 0 radical (unpaired) electrons. The first-order chi connectivity index (χ1) is 13.3. The van der Waals surface area contributed by atoms with E-state index in [1.807, 2.05) is 0 Å². The lowest BCUT2D eigenvalue weighted by molar-refractivity contribution is 0.0376. The Morgan fingerprint density at radius 3 is 2.71 bits per heavy atom. The summed E-state index contributed by atoms with van der Waals surface area (Å²) in [4.78, 5) is 9.62. The number of guanidine groups is 1. The van der Waals surface area contributed by atoms with Crippen LogP contribution in [0.1, 0.15) is 30.9 Å². The van der Waals surface area contributed by atoms with Crippen LogP contribution in [0.25, 0.3) is 0 Å². The normalized spacial score (nSPS) is 19.5. The van der Waals surface area contributed by atoms with Gasteiger partial charge in [-0.2, -0.15) is 0 Å². The lowest BCUT2D eigenvalue weighted by Crippen LogP contribution is -2.42. The Labute approximate surface area is 186 Å². The van der Waals surface area contributed by atoms with Crippen molar-refractivity contribution in [3.8, 4) is 0 Å². The molecule has 1 aromatic carbocycles. The van der Waals surface area contributed by atoms with Crippen LogP contribution in [0.2, 0.25) is 0 Å². The van der Waals surface area contributed by atoms with Gasteiger partial charge in [-0.15, -0.1) is 24.0 Å². The Bertz CT molecular complexity index is 606. The van der Waals surface area contributed by atoms with Gasteiger partial charge in [0.15, 0.2) is 5.96 Å². The van der Waals surface area contributed by atoms with E-state index in [4.69, 9.17) is 10.5 Å². The molecule has 3 N–H and O–H groups in total. The van der Waals surface area contributed by atoms with E-state index < -0.39 is 0 Å². The van der Waals surface area contributed by atoms with Gasteiger partial charge in [0, 0.05) is 38.8 Å². The summed E-state index contributed by atoms with van der Waals surface area (Å²) in [7, 11) is 0. The molecule has 0 aliphatic carbocycles. The molecule has 2 aliphatic rings. The molecule has 0 amide bonds. The van der Waals surface area contributed by atoms with Crippen LogP contribution in [-0.2, 0) is 17.7 Å². The number of ether oxygens (including phenoxy) is 1. The van der Waals surface area contributed by atoms with E-state index in [-0.39, 0.29) is 24.0 Å². The number of nitrogens with zero attached hydrogens (tertiary/aromatic N) is 3. The highest BCUT2D eigenvalue weighted by atomic mass is 127. The Balaban J connectivity index is 0.00000280. The van der Waals surface area contributed by atoms with Crippen molar-refractivity contribution in [2.75, 3.05) is 52.5 Å². The minimum absolute atomic E-state index is 0.